The van der Waals surface area contributed by atoms with E-state index < -0.39 is 12.0 Å². The number of hydrogen-bond acceptors (Lipinski definition) is 4. The summed E-state index contributed by atoms with van der Waals surface area (Å²) >= 11 is 6.75. The molecule has 132 valence electrons. The molecule has 0 heterocycles. The first kappa shape index (κ1) is 19.3. The van der Waals surface area contributed by atoms with Crippen molar-refractivity contribution in [1.82, 2.24) is 10.9 Å². The fourth-order valence-electron chi connectivity index (χ4n) is 1.93. The largest absolute Gasteiger partial charge is 0.482 e. The average molecular weight is 472 g/mol. The number of nitrogens with one attached hydrogen (secondary N) is 2. The minimum absolute atomic E-state index is 0.115. The summed E-state index contributed by atoms with van der Waals surface area (Å²) in [6.07, 6.45) is -0.752. The van der Waals surface area contributed by atoms with Crippen LogP contribution in [0.15, 0.2) is 51.4 Å². The minimum atomic E-state index is -0.752. The monoisotopic (exact) mass is 470 g/mol. The van der Waals surface area contributed by atoms with Crippen molar-refractivity contribution >= 4 is 43.9 Å². The third-order valence-electron chi connectivity index (χ3n) is 3.06. The molecule has 2 rings (SSSR count). The van der Waals surface area contributed by atoms with Gasteiger partial charge in [-0.2, -0.15) is 0 Å². The zero-order valence-corrected chi connectivity index (χ0v) is 16.5. The van der Waals surface area contributed by atoms with Gasteiger partial charge in [-0.05, 0) is 46.1 Å². The molecule has 2 N–H and O–H groups in total. The summed E-state index contributed by atoms with van der Waals surface area (Å²) in [6.45, 7) is 1.73. The number of halogens is 2. The van der Waals surface area contributed by atoms with E-state index in [9.17, 15) is 9.59 Å². The van der Waals surface area contributed by atoms with Crippen molar-refractivity contribution in [2.45, 2.75) is 13.5 Å². The van der Waals surface area contributed by atoms with Gasteiger partial charge in [0.05, 0.1) is 4.47 Å². The fraction of sp³-hybridized carbons (Fsp3) is 0.176. The highest BCUT2D eigenvalue weighted by atomic mass is 79.9. The zero-order chi connectivity index (χ0) is 18.2. The standard InChI is InChI=1S/C17H16Br2N2O4/c1-11-7-13(18)8-14(19)16(11)24-10-15(22)20-21-17(23)25-9-12-5-3-2-4-6-12/h2-8H,9-10H2,1H3,(H,20,22)(H,21,23). The van der Waals surface area contributed by atoms with E-state index in [0.717, 1.165) is 20.1 Å². The van der Waals surface area contributed by atoms with Crippen LogP contribution >= 0.6 is 31.9 Å². The van der Waals surface area contributed by atoms with Crippen molar-refractivity contribution in [3.8, 4) is 5.75 Å². The van der Waals surface area contributed by atoms with Gasteiger partial charge in [-0.3, -0.25) is 10.2 Å². The van der Waals surface area contributed by atoms with Gasteiger partial charge in [-0.25, -0.2) is 10.2 Å². The topological polar surface area (TPSA) is 76.7 Å². The van der Waals surface area contributed by atoms with E-state index in [0.29, 0.717) is 5.75 Å². The Morgan fingerprint density at radius 2 is 1.80 bits per heavy atom. The third-order valence-corrected chi connectivity index (χ3v) is 4.11. The van der Waals surface area contributed by atoms with Gasteiger partial charge in [0.25, 0.3) is 5.91 Å². The second-order valence-corrected chi connectivity index (χ2v) is 6.83. The van der Waals surface area contributed by atoms with Crippen LogP contribution in [0.5, 0.6) is 5.75 Å². The van der Waals surface area contributed by atoms with Crippen molar-refractivity contribution in [3.63, 3.8) is 0 Å². The number of rotatable bonds is 5. The van der Waals surface area contributed by atoms with Crippen LogP contribution in [0.4, 0.5) is 4.79 Å². The number of amides is 2. The van der Waals surface area contributed by atoms with E-state index in [-0.39, 0.29) is 13.2 Å². The number of hydrogen-bond donors (Lipinski definition) is 2. The molecule has 0 radical (unpaired) electrons. The smallest absolute Gasteiger partial charge is 0.426 e. The van der Waals surface area contributed by atoms with E-state index in [1.807, 2.05) is 49.4 Å². The maximum Gasteiger partial charge on any atom is 0.426 e. The molecule has 2 amide bonds. The second kappa shape index (κ2) is 9.43. The number of carbonyl (C=O) groups excluding carboxylic acids is 2. The summed E-state index contributed by atoms with van der Waals surface area (Å²) in [5.41, 5.74) is 6.11. The summed E-state index contributed by atoms with van der Waals surface area (Å²) < 4.78 is 12.1. The van der Waals surface area contributed by atoms with Gasteiger partial charge in [0.15, 0.2) is 6.61 Å². The first-order valence-corrected chi connectivity index (χ1v) is 8.88. The van der Waals surface area contributed by atoms with Gasteiger partial charge >= 0.3 is 6.09 Å². The lowest BCUT2D eigenvalue weighted by Crippen LogP contribution is -2.44. The van der Waals surface area contributed by atoms with E-state index >= 15 is 0 Å². The summed E-state index contributed by atoms with van der Waals surface area (Å²) in [5, 5.41) is 0. The highest BCUT2D eigenvalue weighted by Crippen LogP contribution is 2.32. The molecule has 0 aliphatic heterocycles. The van der Waals surface area contributed by atoms with Crippen LogP contribution < -0.4 is 15.6 Å². The Hall–Kier alpha value is -2.06. The lowest BCUT2D eigenvalue weighted by Gasteiger charge is -2.12. The Labute approximate surface area is 162 Å². The predicted molar refractivity (Wildman–Crippen MR) is 100.0 cm³/mol. The highest BCUT2D eigenvalue weighted by molar-refractivity contribution is 9.11. The number of aryl methyl sites for hydroxylation is 1. The van der Waals surface area contributed by atoms with Crippen LogP contribution in [0.3, 0.4) is 0 Å². The van der Waals surface area contributed by atoms with Crippen LogP contribution in [0.25, 0.3) is 0 Å². The highest BCUT2D eigenvalue weighted by Gasteiger charge is 2.10. The van der Waals surface area contributed by atoms with Gasteiger partial charge in [0.2, 0.25) is 0 Å². The number of hydrazine groups is 1. The normalized spacial score (nSPS) is 10.0. The van der Waals surface area contributed by atoms with E-state index in [1.54, 1.807) is 0 Å². The lowest BCUT2D eigenvalue weighted by atomic mass is 10.2. The van der Waals surface area contributed by atoms with Crippen LogP contribution in [-0.2, 0) is 16.1 Å². The fourth-order valence-corrected chi connectivity index (χ4v) is 3.48. The van der Waals surface area contributed by atoms with E-state index in [1.165, 1.54) is 0 Å². The van der Waals surface area contributed by atoms with Crippen molar-refractivity contribution in [2.75, 3.05) is 6.61 Å². The van der Waals surface area contributed by atoms with Gasteiger partial charge in [-0.15, -0.1) is 0 Å². The minimum Gasteiger partial charge on any atom is -0.482 e. The molecule has 0 saturated carbocycles. The number of ether oxygens (including phenoxy) is 2. The van der Waals surface area contributed by atoms with Gasteiger partial charge in [0.1, 0.15) is 12.4 Å². The number of benzene rings is 2. The third kappa shape index (κ3) is 6.39. The van der Waals surface area contributed by atoms with Crippen molar-refractivity contribution < 1.29 is 19.1 Å². The SMILES string of the molecule is Cc1cc(Br)cc(Br)c1OCC(=O)NNC(=O)OCc1ccccc1. The quantitative estimate of drug-likeness (QED) is 0.649. The van der Waals surface area contributed by atoms with Crippen molar-refractivity contribution in [3.05, 3.63) is 62.5 Å². The molecule has 2 aromatic carbocycles. The molecule has 0 unspecified atom stereocenters. The van der Waals surface area contributed by atoms with E-state index in [2.05, 4.69) is 42.7 Å². The molecule has 0 atom stereocenters. The Balaban J connectivity index is 1.73. The summed E-state index contributed by atoms with van der Waals surface area (Å²) in [4.78, 5) is 23.3. The molecule has 0 aromatic heterocycles. The summed E-state index contributed by atoms with van der Waals surface area (Å²) in [7, 11) is 0. The summed E-state index contributed by atoms with van der Waals surface area (Å²) in [6, 6.07) is 12.9. The van der Waals surface area contributed by atoms with Gasteiger partial charge < -0.3 is 9.47 Å². The molecular weight excluding hydrogens is 456 g/mol. The van der Waals surface area contributed by atoms with Crippen molar-refractivity contribution in [2.24, 2.45) is 0 Å². The maximum absolute atomic E-state index is 11.8. The maximum atomic E-state index is 11.8. The Morgan fingerprint density at radius 1 is 1.08 bits per heavy atom. The Kier molecular flexibility index (Phi) is 7.27. The molecule has 0 spiro atoms. The molecular formula is C17H16Br2N2O4. The van der Waals surface area contributed by atoms with Crippen LogP contribution in [0.1, 0.15) is 11.1 Å². The zero-order valence-electron chi connectivity index (χ0n) is 13.3. The molecule has 25 heavy (non-hydrogen) atoms. The molecule has 6 nitrogen and oxygen atoms in total. The molecule has 0 saturated heterocycles. The first-order chi connectivity index (χ1) is 12.0. The molecule has 0 fully saturated rings. The summed E-state index contributed by atoms with van der Waals surface area (Å²) in [5.74, 6) is 0.0517. The first-order valence-electron chi connectivity index (χ1n) is 7.29. The average Bonchev–Trinajstić information content (AvgIpc) is 2.58. The molecule has 2 aromatic rings. The van der Waals surface area contributed by atoms with Crippen LogP contribution in [0.2, 0.25) is 0 Å². The predicted octanol–water partition coefficient (Wildman–Crippen LogP) is 3.86. The van der Waals surface area contributed by atoms with Crippen LogP contribution in [-0.4, -0.2) is 18.6 Å². The second-order valence-electron chi connectivity index (χ2n) is 5.06. The number of carbonyl (C=O) groups is 2. The van der Waals surface area contributed by atoms with Gasteiger partial charge in [-0.1, -0.05) is 46.3 Å². The Bertz CT molecular complexity index is 731. The lowest BCUT2D eigenvalue weighted by molar-refractivity contribution is -0.124. The molecule has 8 heteroatoms. The van der Waals surface area contributed by atoms with Crippen LogP contribution in [0, 0.1) is 6.92 Å². The van der Waals surface area contributed by atoms with E-state index in [4.69, 9.17) is 9.47 Å². The Morgan fingerprint density at radius 3 is 2.48 bits per heavy atom. The van der Waals surface area contributed by atoms with Gasteiger partial charge in [0, 0.05) is 4.47 Å². The molecule has 0 aliphatic carbocycles. The molecule has 0 bridgehead atoms. The van der Waals surface area contributed by atoms with Crippen molar-refractivity contribution in [1.29, 1.82) is 0 Å². The molecule has 0 aliphatic rings.